The minimum absolute atomic E-state index is 0.426. The Kier molecular flexibility index (Phi) is 5.92. The number of nitrogens with one attached hydrogen (secondary N) is 2. The Morgan fingerprint density at radius 1 is 1.24 bits per heavy atom. The van der Waals surface area contributed by atoms with Crippen LogP contribution in [0.3, 0.4) is 0 Å². The predicted octanol–water partition coefficient (Wildman–Crippen LogP) is 2.25. The minimum atomic E-state index is -1.06. The van der Waals surface area contributed by atoms with Gasteiger partial charge in [-0.25, -0.2) is 9.59 Å². The minimum Gasteiger partial charge on any atom is -0.479 e. The predicted molar refractivity (Wildman–Crippen MR) is 83.4 cm³/mol. The molecular formula is C15H20N2O3S. The lowest BCUT2D eigenvalue weighted by Crippen LogP contribution is -2.42. The van der Waals surface area contributed by atoms with Gasteiger partial charge in [-0.3, -0.25) is 0 Å². The zero-order valence-corrected chi connectivity index (χ0v) is 12.6. The number of carbonyl (C=O) groups is 2. The van der Waals surface area contributed by atoms with Crippen molar-refractivity contribution >= 4 is 23.8 Å². The van der Waals surface area contributed by atoms with Crippen LogP contribution in [0.1, 0.15) is 24.4 Å². The van der Waals surface area contributed by atoms with E-state index in [0.717, 1.165) is 24.3 Å². The zero-order valence-electron chi connectivity index (χ0n) is 11.7. The fourth-order valence-electron chi connectivity index (χ4n) is 2.30. The van der Waals surface area contributed by atoms with Crippen LogP contribution in [0.5, 0.6) is 0 Å². The molecule has 1 aliphatic rings. The average Bonchev–Trinajstić information content (AvgIpc) is 2.52. The van der Waals surface area contributed by atoms with Crippen LogP contribution in [0, 0.1) is 5.92 Å². The van der Waals surface area contributed by atoms with Crippen molar-refractivity contribution in [2.24, 2.45) is 5.92 Å². The molecule has 0 aromatic heterocycles. The van der Waals surface area contributed by atoms with E-state index in [2.05, 4.69) is 10.6 Å². The molecule has 0 saturated carbocycles. The van der Waals surface area contributed by atoms with Gasteiger partial charge in [0, 0.05) is 6.54 Å². The number of carboxylic acid groups (broad SMARTS) is 1. The highest BCUT2D eigenvalue weighted by Gasteiger charge is 2.22. The van der Waals surface area contributed by atoms with Gasteiger partial charge in [0.25, 0.3) is 0 Å². The highest BCUT2D eigenvalue weighted by molar-refractivity contribution is 7.99. The molecule has 0 spiro atoms. The first-order valence-corrected chi connectivity index (χ1v) is 8.22. The molecule has 1 aliphatic heterocycles. The van der Waals surface area contributed by atoms with Crippen LogP contribution in [0.15, 0.2) is 30.3 Å². The molecule has 6 heteroatoms. The van der Waals surface area contributed by atoms with Crippen LogP contribution in [-0.4, -0.2) is 35.2 Å². The largest absolute Gasteiger partial charge is 0.479 e. The van der Waals surface area contributed by atoms with Crippen molar-refractivity contribution in [3.05, 3.63) is 35.9 Å². The van der Waals surface area contributed by atoms with Crippen LogP contribution in [-0.2, 0) is 4.79 Å². The van der Waals surface area contributed by atoms with Gasteiger partial charge in [0.1, 0.15) is 0 Å². The summed E-state index contributed by atoms with van der Waals surface area (Å²) < 4.78 is 0. The highest BCUT2D eigenvalue weighted by atomic mass is 32.2. The number of hydrogen-bond donors (Lipinski definition) is 3. The summed E-state index contributed by atoms with van der Waals surface area (Å²) in [5.41, 5.74) is 0.564. The fourth-order valence-corrected chi connectivity index (χ4v) is 3.51. The molecule has 2 rings (SSSR count). The van der Waals surface area contributed by atoms with Crippen molar-refractivity contribution in [1.29, 1.82) is 0 Å². The van der Waals surface area contributed by atoms with Crippen LogP contribution in [0.2, 0.25) is 0 Å². The summed E-state index contributed by atoms with van der Waals surface area (Å²) in [6.07, 6.45) is 2.21. The summed E-state index contributed by atoms with van der Waals surface area (Å²) >= 11 is 1.94. The number of rotatable bonds is 5. The molecule has 1 aromatic carbocycles. The lowest BCUT2D eigenvalue weighted by molar-refractivity contribution is -0.139. The van der Waals surface area contributed by atoms with Gasteiger partial charge in [-0.05, 0) is 35.8 Å². The third-order valence-corrected chi connectivity index (χ3v) is 4.60. The number of carbonyl (C=O) groups excluding carboxylic acids is 1. The first kappa shape index (κ1) is 15.7. The molecule has 0 bridgehead atoms. The van der Waals surface area contributed by atoms with Gasteiger partial charge in [0.15, 0.2) is 6.04 Å². The molecular weight excluding hydrogens is 288 g/mol. The van der Waals surface area contributed by atoms with E-state index in [9.17, 15) is 14.7 Å². The Balaban J connectivity index is 1.85. The lowest BCUT2D eigenvalue weighted by Gasteiger charge is -2.22. The third-order valence-electron chi connectivity index (χ3n) is 3.55. The quantitative estimate of drug-likeness (QED) is 0.779. The molecule has 1 fully saturated rings. The number of urea groups is 1. The summed E-state index contributed by atoms with van der Waals surface area (Å²) in [6.45, 7) is 0.605. The van der Waals surface area contributed by atoms with E-state index in [1.54, 1.807) is 24.3 Å². The molecule has 1 atom stereocenters. The second kappa shape index (κ2) is 7.93. The van der Waals surface area contributed by atoms with Crippen LogP contribution in [0.25, 0.3) is 0 Å². The van der Waals surface area contributed by atoms with Crippen LogP contribution >= 0.6 is 11.8 Å². The topological polar surface area (TPSA) is 78.4 Å². The first-order valence-electron chi connectivity index (χ1n) is 7.06. The molecule has 0 radical (unpaired) electrons. The number of hydrogen-bond acceptors (Lipinski definition) is 3. The number of benzene rings is 1. The second-order valence-electron chi connectivity index (χ2n) is 5.09. The van der Waals surface area contributed by atoms with Gasteiger partial charge >= 0.3 is 12.0 Å². The van der Waals surface area contributed by atoms with E-state index in [-0.39, 0.29) is 0 Å². The summed E-state index contributed by atoms with van der Waals surface area (Å²) in [5.74, 6) is 1.70. The van der Waals surface area contributed by atoms with E-state index in [0.29, 0.717) is 18.0 Å². The van der Waals surface area contributed by atoms with Crippen molar-refractivity contribution in [2.45, 2.75) is 18.9 Å². The van der Waals surface area contributed by atoms with Crippen molar-refractivity contribution in [1.82, 2.24) is 10.6 Å². The molecule has 3 N–H and O–H groups in total. The van der Waals surface area contributed by atoms with E-state index < -0.39 is 18.0 Å². The van der Waals surface area contributed by atoms with Gasteiger partial charge in [0.05, 0.1) is 0 Å². The molecule has 1 aromatic rings. The SMILES string of the molecule is O=C(NCC1CCSCC1)N[C@H](C(=O)O)c1ccccc1. The molecule has 21 heavy (non-hydrogen) atoms. The van der Waals surface area contributed by atoms with Crippen molar-refractivity contribution in [3.63, 3.8) is 0 Å². The van der Waals surface area contributed by atoms with E-state index in [1.165, 1.54) is 0 Å². The van der Waals surface area contributed by atoms with Gasteiger partial charge in [-0.1, -0.05) is 30.3 Å². The average molecular weight is 308 g/mol. The normalized spacial score (nSPS) is 17.0. The maximum atomic E-state index is 11.9. The number of carboxylic acids is 1. The van der Waals surface area contributed by atoms with E-state index >= 15 is 0 Å². The van der Waals surface area contributed by atoms with Crippen molar-refractivity contribution in [2.75, 3.05) is 18.1 Å². The molecule has 114 valence electrons. The third kappa shape index (κ3) is 4.97. The molecule has 0 unspecified atom stereocenters. The molecule has 0 aliphatic carbocycles. The summed E-state index contributed by atoms with van der Waals surface area (Å²) in [4.78, 5) is 23.2. The first-order chi connectivity index (χ1) is 10.2. The number of thioether (sulfide) groups is 1. The maximum absolute atomic E-state index is 11.9. The molecule has 5 nitrogen and oxygen atoms in total. The Labute approximate surface area is 128 Å². The Hall–Kier alpha value is -1.69. The second-order valence-corrected chi connectivity index (χ2v) is 6.32. The van der Waals surface area contributed by atoms with Crippen LogP contribution < -0.4 is 10.6 Å². The smallest absolute Gasteiger partial charge is 0.330 e. The molecule has 2 amide bonds. The highest BCUT2D eigenvalue weighted by Crippen LogP contribution is 2.21. The molecule has 1 saturated heterocycles. The van der Waals surface area contributed by atoms with Gasteiger partial charge < -0.3 is 15.7 Å². The number of aliphatic carboxylic acids is 1. The zero-order chi connectivity index (χ0) is 15.1. The van der Waals surface area contributed by atoms with E-state index in [4.69, 9.17) is 0 Å². The summed E-state index contributed by atoms with van der Waals surface area (Å²) in [5, 5.41) is 14.5. The fraction of sp³-hybridized carbons (Fsp3) is 0.467. The van der Waals surface area contributed by atoms with Crippen molar-refractivity contribution in [3.8, 4) is 0 Å². The van der Waals surface area contributed by atoms with Gasteiger partial charge in [0.2, 0.25) is 0 Å². The lowest BCUT2D eigenvalue weighted by atomic mass is 10.0. The van der Waals surface area contributed by atoms with Crippen LogP contribution in [0.4, 0.5) is 4.79 Å². The Bertz CT molecular complexity index is 475. The van der Waals surface area contributed by atoms with Gasteiger partial charge in [-0.15, -0.1) is 0 Å². The summed E-state index contributed by atoms with van der Waals surface area (Å²) in [6, 6.07) is 7.26. The standard InChI is InChI=1S/C15H20N2O3S/c18-14(19)13(12-4-2-1-3-5-12)17-15(20)16-10-11-6-8-21-9-7-11/h1-5,11,13H,6-10H2,(H,18,19)(H2,16,17,20)/t13-/m0/s1. The summed E-state index contributed by atoms with van der Waals surface area (Å²) in [7, 11) is 0. The Morgan fingerprint density at radius 3 is 2.52 bits per heavy atom. The monoisotopic (exact) mass is 308 g/mol. The van der Waals surface area contributed by atoms with Gasteiger partial charge in [-0.2, -0.15) is 11.8 Å². The molecule has 1 heterocycles. The number of amides is 2. The maximum Gasteiger partial charge on any atom is 0.330 e. The van der Waals surface area contributed by atoms with Crippen molar-refractivity contribution < 1.29 is 14.7 Å². The Morgan fingerprint density at radius 2 is 1.90 bits per heavy atom. The van der Waals surface area contributed by atoms with E-state index in [1.807, 2.05) is 17.8 Å².